The first-order valence-corrected chi connectivity index (χ1v) is 6.73. The number of nitrogens with one attached hydrogen (secondary N) is 3. The lowest BCUT2D eigenvalue weighted by molar-refractivity contribution is 0.574. The van der Waals surface area contributed by atoms with Crippen LogP contribution in [0.3, 0.4) is 0 Å². The fraction of sp³-hybridized carbons (Fsp3) is 0.667. The highest BCUT2D eigenvalue weighted by Crippen LogP contribution is 2.23. The standard InChI is InChI=1S/C9H16N4O2S/c1-6-8(5-10-2)9(12-11-6)16(14,15)13-7-3-4-7/h7,10,13H,3-5H2,1-2H3,(H,11,12). The molecule has 2 rings (SSSR count). The van der Waals surface area contributed by atoms with Crippen LogP contribution in [0.2, 0.25) is 0 Å². The fourth-order valence-corrected chi connectivity index (χ4v) is 3.02. The van der Waals surface area contributed by atoms with Crippen molar-refractivity contribution in [1.29, 1.82) is 0 Å². The van der Waals surface area contributed by atoms with Gasteiger partial charge in [-0.05, 0) is 26.8 Å². The molecule has 0 radical (unpaired) electrons. The van der Waals surface area contributed by atoms with E-state index in [0.29, 0.717) is 12.1 Å². The molecule has 90 valence electrons. The molecule has 0 saturated heterocycles. The Morgan fingerprint density at radius 1 is 1.50 bits per heavy atom. The maximum Gasteiger partial charge on any atom is 0.260 e. The van der Waals surface area contributed by atoms with Gasteiger partial charge in [0.15, 0.2) is 5.03 Å². The molecule has 1 heterocycles. The zero-order chi connectivity index (χ0) is 11.8. The monoisotopic (exact) mass is 244 g/mol. The molecule has 1 saturated carbocycles. The first-order valence-electron chi connectivity index (χ1n) is 5.25. The van der Waals surface area contributed by atoms with Gasteiger partial charge in [0.25, 0.3) is 10.0 Å². The summed E-state index contributed by atoms with van der Waals surface area (Å²) in [6.45, 7) is 2.30. The third-order valence-electron chi connectivity index (χ3n) is 2.54. The van der Waals surface area contributed by atoms with Crippen molar-refractivity contribution in [3.63, 3.8) is 0 Å². The van der Waals surface area contributed by atoms with Crippen LogP contribution in [0.4, 0.5) is 0 Å². The maximum absolute atomic E-state index is 12.0. The molecule has 6 nitrogen and oxygen atoms in total. The van der Waals surface area contributed by atoms with Crippen LogP contribution in [0.25, 0.3) is 0 Å². The second kappa shape index (κ2) is 4.15. The van der Waals surface area contributed by atoms with Crippen molar-refractivity contribution in [3.05, 3.63) is 11.3 Å². The van der Waals surface area contributed by atoms with E-state index in [2.05, 4.69) is 20.2 Å². The lowest BCUT2D eigenvalue weighted by Gasteiger charge is -2.05. The fourth-order valence-electron chi connectivity index (χ4n) is 1.51. The normalized spacial score (nSPS) is 16.6. The largest absolute Gasteiger partial charge is 0.316 e. The van der Waals surface area contributed by atoms with Crippen molar-refractivity contribution in [2.75, 3.05) is 7.05 Å². The first kappa shape index (κ1) is 11.6. The van der Waals surface area contributed by atoms with Gasteiger partial charge in [-0.15, -0.1) is 0 Å². The smallest absolute Gasteiger partial charge is 0.260 e. The van der Waals surface area contributed by atoms with E-state index in [0.717, 1.165) is 18.5 Å². The molecule has 3 N–H and O–H groups in total. The molecule has 0 aliphatic heterocycles. The number of aromatic amines is 1. The third kappa shape index (κ3) is 2.26. The van der Waals surface area contributed by atoms with Gasteiger partial charge in [0.2, 0.25) is 0 Å². The number of rotatable bonds is 5. The summed E-state index contributed by atoms with van der Waals surface area (Å²) >= 11 is 0. The Balaban J connectivity index is 2.30. The Hall–Kier alpha value is -0.920. The zero-order valence-electron chi connectivity index (χ0n) is 9.37. The molecule has 1 fully saturated rings. The van der Waals surface area contributed by atoms with E-state index in [4.69, 9.17) is 0 Å². The number of hydrogen-bond donors (Lipinski definition) is 3. The molecule has 0 atom stereocenters. The van der Waals surface area contributed by atoms with Crippen LogP contribution >= 0.6 is 0 Å². The number of sulfonamides is 1. The molecule has 7 heteroatoms. The lowest BCUT2D eigenvalue weighted by atomic mass is 10.3. The highest BCUT2D eigenvalue weighted by Gasteiger charge is 2.31. The summed E-state index contributed by atoms with van der Waals surface area (Å²) in [6, 6.07) is 0.101. The van der Waals surface area contributed by atoms with Crippen molar-refractivity contribution in [2.24, 2.45) is 0 Å². The molecule has 0 amide bonds. The molecule has 16 heavy (non-hydrogen) atoms. The van der Waals surface area contributed by atoms with E-state index in [-0.39, 0.29) is 11.1 Å². The second-order valence-electron chi connectivity index (χ2n) is 4.06. The van der Waals surface area contributed by atoms with Gasteiger partial charge in [-0.25, -0.2) is 13.1 Å². The van der Waals surface area contributed by atoms with Gasteiger partial charge in [-0.3, -0.25) is 5.10 Å². The van der Waals surface area contributed by atoms with Crippen LogP contribution in [-0.4, -0.2) is 31.7 Å². The predicted octanol–water partition coefficient (Wildman–Crippen LogP) is -0.122. The lowest BCUT2D eigenvalue weighted by Crippen LogP contribution is -2.27. The molecule has 1 aliphatic rings. The minimum Gasteiger partial charge on any atom is -0.316 e. The summed E-state index contributed by atoms with van der Waals surface area (Å²) in [5.74, 6) is 0. The van der Waals surface area contributed by atoms with E-state index < -0.39 is 10.0 Å². The number of hydrogen-bond acceptors (Lipinski definition) is 4. The molecule has 0 spiro atoms. The van der Waals surface area contributed by atoms with Crippen LogP contribution < -0.4 is 10.0 Å². The molecular formula is C9H16N4O2S. The van der Waals surface area contributed by atoms with Crippen LogP contribution in [0, 0.1) is 6.92 Å². The van der Waals surface area contributed by atoms with Crippen molar-refractivity contribution in [3.8, 4) is 0 Å². The first-order chi connectivity index (χ1) is 7.54. The van der Waals surface area contributed by atoms with Crippen molar-refractivity contribution < 1.29 is 8.42 Å². The van der Waals surface area contributed by atoms with Crippen molar-refractivity contribution >= 4 is 10.0 Å². The number of H-pyrrole nitrogens is 1. The maximum atomic E-state index is 12.0. The van der Waals surface area contributed by atoms with Gasteiger partial charge >= 0.3 is 0 Å². The van der Waals surface area contributed by atoms with Crippen molar-refractivity contribution in [1.82, 2.24) is 20.2 Å². The van der Waals surface area contributed by atoms with E-state index in [1.807, 2.05) is 6.92 Å². The Kier molecular flexibility index (Phi) is 3.00. The van der Waals surface area contributed by atoms with Crippen LogP contribution in [-0.2, 0) is 16.6 Å². The molecule has 1 aliphatic carbocycles. The van der Waals surface area contributed by atoms with Gasteiger partial charge in [0, 0.05) is 23.8 Å². The molecule has 0 unspecified atom stereocenters. The average molecular weight is 244 g/mol. The minimum absolute atomic E-state index is 0.101. The molecule has 0 aromatic carbocycles. The third-order valence-corrected chi connectivity index (χ3v) is 4.03. The second-order valence-corrected chi connectivity index (χ2v) is 5.69. The topological polar surface area (TPSA) is 86.9 Å². The Bertz CT molecular complexity index is 476. The Labute approximate surface area is 94.9 Å². The van der Waals surface area contributed by atoms with E-state index in [9.17, 15) is 8.42 Å². The zero-order valence-corrected chi connectivity index (χ0v) is 10.2. The van der Waals surface area contributed by atoms with Crippen LogP contribution in [0.5, 0.6) is 0 Å². The van der Waals surface area contributed by atoms with E-state index in [1.54, 1.807) is 7.05 Å². The predicted molar refractivity (Wildman–Crippen MR) is 59.4 cm³/mol. The number of aromatic nitrogens is 2. The van der Waals surface area contributed by atoms with Gasteiger partial charge < -0.3 is 5.32 Å². The SMILES string of the molecule is CNCc1c(S(=O)(=O)NC2CC2)n[nH]c1C. The van der Waals surface area contributed by atoms with E-state index >= 15 is 0 Å². The molecule has 0 bridgehead atoms. The number of aryl methyl sites for hydroxylation is 1. The highest BCUT2D eigenvalue weighted by atomic mass is 32.2. The Morgan fingerprint density at radius 3 is 2.75 bits per heavy atom. The minimum atomic E-state index is -3.46. The average Bonchev–Trinajstić information content (AvgIpc) is 2.91. The molecule has 1 aromatic heterocycles. The number of nitrogens with zero attached hydrogens (tertiary/aromatic N) is 1. The molecule has 1 aromatic rings. The van der Waals surface area contributed by atoms with Crippen molar-refractivity contribution in [2.45, 2.75) is 37.4 Å². The quantitative estimate of drug-likeness (QED) is 0.674. The summed E-state index contributed by atoms with van der Waals surface area (Å²) in [5, 5.41) is 9.64. The van der Waals surface area contributed by atoms with Gasteiger partial charge in [0.1, 0.15) is 0 Å². The summed E-state index contributed by atoms with van der Waals surface area (Å²) in [6.07, 6.45) is 1.84. The van der Waals surface area contributed by atoms with Gasteiger partial charge in [0.05, 0.1) is 0 Å². The molecular weight excluding hydrogens is 228 g/mol. The summed E-state index contributed by atoms with van der Waals surface area (Å²) in [4.78, 5) is 0. The van der Waals surface area contributed by atoms with Crippen LogP contribution in [0.1, 0.15) is 24.1 Å². The highest BCUT2D eigenvalue weighted by molar-refractivity contribution is 7.89. The summed E-state index contributed by atoms with van der Waals surface area (Å²) < 4.78 is 26.6. The summed E-state index contributed by atoms with van der Waals surface area (Å²) in [7, 11) is -1.69. The van der Waals surface area contributed by atoms with Crippen LogP contribution in [0.15, 0.2) is 5.03 Å². The van der Waals surface area contributed by atoms with E-state index in [1.165, 1.54) is 0 Å². The van der Waals surface area contributed by atoms with Gasteiger partial charge in [-0.1, -0.05) is 0 Å². The van der Waals surface area contributed by atoms with Gasteiger partial charge in [-0.2, -0.15) is 5.10 Å². The summed E-state index contributed by atoms with van der Waals surface area (Å²) in [5.41, 5.74) is 1.49. The Morgan fingerprint density at radius 2 is 2.19 bits per heavy atom.